The van der Waals surface area contributed by atoms with E-state index in [9.17, 15) is 0 Å². The Labute approximate surface area is 157 Å². The Morgan fingerprint density at radius 1 is 1.12 bits per heavy atom. The molecule has 0 radical (unpaired) electrons. The molecule has 2 heterocycles. The SMILES string of the molecule is CC/N=C1/SCC(C2CCCCC2)C1C(C)N1N=NC2CCCCC21. The molecule has 0 bridgehead atoms. The third-order valence-electron chi connectivity index (χ3n) is 7.01. The monoisotopic (exact) mass is 362 g/mol. The van der Waals surface area contributed by atoms with Crippen molar-refractivity contribution in [3.63, 3.8) is 0 Å². The fourth-order valence-corrected chi connectivity index (χ4v) is 7.33. The number of hydrogen-bond donors (Lipinski definition) is 0. The summed E-state index contributed by atoms with van der Waals surface area (Å²) in [6.45, 7) is 5.50. The molecule has 5 heteroatoms. The lowest BCUT2D eigenvalue weighted by atomic mass is 9.73. The van der Waals surface area contributed by atoms with Crippen LogP contribution < -0.4 is 0 Å². The molecule has 0 aromatic rings. The summed E-state index contributed by atoms with van der Waals surface area (Å²) in [7, 11) is 0. The molecule has 0 aromatic heterocycles. The fraction of sp³-hybridized carbons (Fsp3) is 0.950. The lowest BCUT2D eigenvalue weighted by Gasteiger charge is -2.39. The second-order valence-corrected chi connectivity index (χ2v) is 9.50. The van der Waals surface area contributed by atoms with Gasteiger partial charge in [0.2, 0.25) is 0 Å². The van der Waals surface area contributed by atoms with Crippen LogP contribution in [0.3, 0.4) is 0 Å². The van der Waals surface area contributed by atoms with Crippen molar-refractivity contribution < 1.29 is 0 Å². The van der Waals surface area contributed by atoms with Gasteiger partial charge < -0.3 is 0 Å². The fourth-order valence-electron chi connectivity index (χ4n) is 5.70. The molecule has 3 fully saturated rings. The summed E-state index contributed by atoms with van der Waals surface area (Å²) in [6.07, 6.45) is 12.3. The molecule has 0 amide bonds. The van der Waals surface area contributed by atoms with E-state index in [1.807, 2.05) is 11.8 Å². The van der Waals surface area contributed by atoms with E-state index in [1.54, 1.807) is 0 Å². The van der Waals surface area contributed by atoms with E-state index in [0.717, 1.165) is 18.4 Å². The second kappa shape index (κ2) is 7.98. The quantitative estimate of drug-likeness (QED) is 0.676. The molecule has 140 valence electrons. The summed E-state index contributed by atoms with van der Waals surface area (Å²) in [5.41, 5.74) is 0. The van der Waals surface area contributed by atoms with Gasteiger partial charge in [0.05, 0.1) is 23.2 Å². The normalized spacial score (nSPS) is 39.1. The minimum Gasteiger partial charge on any atom is -0.283 e. The Kier molecular flexibility index (Phi) is 5.68. The van der Waals surface area contributed by atoms with Crippen LogP contribution in [-0.4, -0.2) is 40.5 Å². The molecular weight excluding hydrogens is 328 g/mol. The number of nitrogens with zero attached hydrogens (tertiary/aromatic N) is 4. The van der Waals surface area contributed by atoms with Crippen LogP contribution in [0.4, 0.5) is 0 Å². The zero-order valence-corrected chi connectivity index (χ0v) is 16.8. The Morgan fingerprint density at radius 2 is 1.88 bits per heavy atom. The van der Waals surface area contributed by atoms with Crippen LogP contribution in [0.5, 0.6) is 0 Å². The molecular formula is C20H34N4S. The first-order valence-electron chi connectivity index (χ1n) is 10.7. The summed E-state index contributed by atoms with van der Waals surface area (Å²) in [6, 6.07) is 1.47. The van der Waals surface area contributed by atoms with Gasteiger partial charge in [0, 0.05) is 18.2 Å². The van der Waals surface area contributed by atoms with Crippen LogP contribution in [0.2, 0.25) is 0 Å². The van der Waals surface area contributed by atoms with Crippen LogP contribution in [0.1, 0.15) is 71.6 Å². The molecule has 5 unspecified atom stereocenters. The number of aliphatic imine (C=N–C) groups is 1. The van der Waals surface area contributed by atoms with Gasteiger partial charge in [-0.2, -0.15) is 5.11 Å². The minimum absolute atomic E-state index is 0.448. The summed E-state index contributed by atoms with van der Waals surface area (Å²) in [5.74, 6) is 3.55. The zero-order valence-electron chi connectivity index (χ0n) is 15.9. The van der Waals surface area contributed by atoms with E-state index in [4.69, 9.17) is 10.2 Å². The van der Waals surface area contributed by atoms with Gasteiger partial charge in [0.1, 0.15) is 0 Å². The summed E-state index contributed by atoms with van der Waals surface area (Å²) >= 11 is 2.04. The molecule has 4 aliphatic rings. The Bertz CT molecular complexity index is 514. The van der Waals surface area contributed by atoms with E-state index < -0.39 is 0 Å². The van der Waals surface area contributed by atoms with E-state index in [-0.39, 0.29) is 0 Å². The highest BCUT2D eigenvalue weighted by Gasteiger charge is 2.47. The molecule has 1 saturated heterocycles. The van der Waals surface area contributed by atoms with Gasteiger partial charge >= 0.3 is 0 Å². The summed E-state index contributed by atoms with van der Waals surface area (Å²) in [5, 5.41) is 13.2. The first kappa shape index (κ1) is 17.8. The molecule has 2 saturated carbocycles. The van der Waals surface area contributed by atoms with Gasteiger partial charge in [-0.1, -0.05) is 50.2 Å². The summed E-state index contributed by atoms with van der Waals surface area (Å²) < 4.78 is 0. The minimum atomic E-state index is 0.448. The van der Waals surface area contributed by atoms with Gasteiger partial charge in [-0.05, 0) is 38.5 Å². The van der Waals surface area contributed by atoms with Crippen molar-refractivity contribution in [2.24, 2.45) is 33.1 Å². The van der Waals surface area contributed by atoms with E-state index in [2.05, 4.69) is 24.0 Å². The van der Waals surface area contributed by atoms with Crippen molar-refractivity contribution in [1.29, 1.82) is 0 Å². The lowest BCUT2D eigenvalue weighted by Crippen LogP contribution is -2.48. The number of rotatable bonds is 4. The predicted octanol–water partition coefficient (Wildman–Crippen LogP) is 5.35. The molecule has 0 aromatic carbocycles. The highest BCUT2D eigenvalue weighted by atomic mass is 32.2. The average molecular weight is 363 g/mol. The van der Waals surface area contributed by atoms with Crippen LogP contribution in [0.15, 0.2) is 15.3 Å². The smallest absolute Gasteiger partial charge is 0.0949 e. The third-order valence-corrected chi connectivity index (χ3v) is 8.26. The molecule has 0 spiro atoms. The standard InChI is InChI=1S/C20H34N4S/c1-3-21-20-19(16(13-25-20)15-9-5-4-6-10-15)14(2)24-18-12-8-7-11-17(18)22-23-24/h14-19H,3-13H2,1-2H3/b21-20+. The van der Waals surface area contributed by atoms with E-state index in [1.165, 1.54) is 68.6 Å². The molecule has 2 aliphatic heterocycles. The van der Waals surface area contributed by atoms with Crippen LogP contribution in [-0.2, 0) is 0 Å². The summed E-state index contributed by atoms with van der Waals surface area (Å²) in [4.78, 5) is 4.93. The predicted molar refractivity (Wildman–Crippen MR) is 106 cm³/mol. The van der Waals surface area contributed by atoms with Crippen molar-refractivity contribution in [1.82, 2.24) is 5.01 Å². The van der Waals surface area contributed by atoms with Crippen molar-refractivity contribution in [2.45, 2.75) is 89.8 Å². The molecule has 25 heavy (non-hydrogen) atoms. The first-order chi connectivity index (χ1) is 12.3. The van der Waals surface area contributed by atoms with Crippen molar-refractivity contribution >= 4 is 16.8 Å². The molecule has 4 rings (SSSR count). The Balaban J connectivity index is 1.54. The van der Waals surface area contributed by atoms with Gasteiger partial charge in [-0.15, -0.1) is 11.8 Å². The van der Waals surface area contributed by atoms with E-state index >= 15 is 0 Å². The highest BCUT2D eigenvalue weighted by molar-refractivity contribution is 8.14. The molecule has 2 aliphatic carbocycles. The van der Waals surface area contributed by atoms with Gasteiger partial charge in [-0.25, -0.2) is 0 Å². The largest absolute Gasteiger partial charge is 0.283 e. The van der Waals surface area contributed by atoms with Gasteiger partial charge in [-0.3, -0.25) is 10.0 Å². The zero-order chi connectivity index (χ0) is 17.2. The second-order valence-electron chi connectivity index (χ2n) is 8.46. The average Bonchev–Trinajstić information content (AvgIpc) is 3.26. The highest BCUT2D eigenvalue weighted by Crippen LogP contribution is 2.46. The van der Waals surface area contributed by atoms with Crippen molar-refractivity contribution in [3.05, 3.63) is 0 Å². The number of thioether (sulfide) groups is 1. The van der Waals surface area contributed by atoms with Gasteiger partial charge in [0.25, 0.3) is 0 Å². The Morgan fingerprint density at radius 3 is 2.68 bits per heavy atom. The van der Waals surface area contributed by atoms with Gasteiger partial charge in [0.15, 0.2) is 0 Å². The lowest BCUT2D eigenvalue weighted by molar-refractivity contribution is 0.0883. The van der Waals surface area contributed by atoms with E-state index in [0.29, 0.717) is 24.0 Å². The maximum absolute atomic E-state index is 4.93. The maximum Gasteiger partial charge on any atom is 0.0949 e. The topological polar surface area (TPSA) is 40.3 Å². The first-order valence-corrected chi connectivity index (χ1v) is 11.6. The molecule has 4 nitrogen and oxygen atoms in total. The number of fused-ring (bicyclic) bond motifs is 1. The number of hydrogen-bond acceptors (Lipinski definition) is 5. The van der Waals surface area contributed by atoms with Crippen molar-refractivity contribution in [2.75, 3.05) is 12.3 Å². The van der Waals surface area contributed by atoms with Crippen LogP contribution in [0.25, 0.3) is 0 Å². The maximum atomic E-state index is 4.93. The Hall–Kier alpha value is -0.580. The van der Waals surface area contributed by atoms with Crippen molar-refractivity contribution in [3.8, 4) is 0 Å². The third kappa shape index (κ3) is 3.50. The van der Waals surface area contributed by atoms with Crippen LogP contribution >= 0.6 is 11.8 Å². The molecule has 0 N–H and O–H groups in total. The molecule has 5 atom stereocenters. The van der Waals surface area contributed by atoms with Crippen LogP contribution in [0, 0.1) is 17.8 Å².